The van der Waals surface area contributed by atoms with Gasteiger partial charge in [-0.25, -0.2) is 0 Å². The van der Waals surface area contributed by atoms with E-state index in [1.807, 2.05) is 36.2 Å². The topological polar surface area (TPSA) is 44.4 Å². The zero-order valence-electron chi connectivity index (χ0n) is 13.0. The van der Waals surface area contributed by atoms with E-state index in [1.165, 1.54) is 5.56 Å². The van der Waals surface area contributed by atoms with Gasteiger partial charge in [0, 0.05) is 22.2 Å². The van der Waals surface area contributed by atoms with Crippen molar-refractivity contribution in [1.82, 2.24) is 5.43 Å². The van der Waals surface area contributed by atoms with E-state index < -0.39 is 0 Å². The lowest BCUT2D eigenvalue weighted by atomic mass is 9.95. The van der Waals surface area contributed by atoms with Crippen LogP contribution in [0.2, 0.25) is 10.0 Å². The van der Waals surface area contributed by atoms with Crippen molar-refractivity contribution in [3.05, 3.63) is 68.8 Å². The maximum atomic E-state index is 12.5. The van der Waals surface area contributed by atoms with Crippen LogP contribution in [0.1, 0.15) is 11.1 Å². The second-order valence-corrected chi connectivity index (χ2v) is 6.90. The Labute approximate surface area is 150 Å². The molecule has 2 aromatic rings. The molecule has 0 atom stereocenters. The number of carbonyl (C=O) groups excluding carboxylic acids is 1. The van der Waals surface area contributed by atoms with Gasteiger partial charge < -0.3 is 5.32 Å². The van der Waals surface area contributed by atoms with Crippen LogP contribution in [0.3, 0.4) is 0 Å². The largest absolute Gasteiger partial charge is 0.351 e. The molecule has 0 saturated carbocycles. The number of halogens is 2. The van der Waals surface area contributed by atoms with Crippen LogP contribution in [0.15, 0.2) is 47.7 Å². The highest BCUT2D eigenvalue weighted by Crippen LogP contribution is 2.37. The molecule has 0 spiro atoms. The Bertz CT molecular complexity index is 875. The minimum atomic E-state index is -0.154. The monoisotopic (exact) mass is 359 g/mol. The summed E-state index contributed by atoms with van der Waals surface area (Å²) in [4.78, 5) is 12.5. The summed E-state index contributed by atoms with van der Waals surface area (Å²) < 4.78 is 0. The quantitative estimate of drug-likeness (QED) is 0.806. The van der Waals surface area contributed by atoms with E-state index in [0.717, 1.165) is 22.5 Å². The van der Waals surface area contributed by atoms with Crippen molar-refractivity contribution < 1.29 is 4.79 Å². The lowest BCUT2D eigenvalue weighted by molar-refractivity contribution is -0.117. The fourth-order valence-electron chi connectivity index (χ4n) is 3.06. The molecule has 0 saturated heterocycles. The van der Waals surface area contributed by atoms with E-state index in [-0.39, 0.29) is 5.91 Å². The van der Waals surface area contributed by atoms with E-state index in [4.69, 9.17) is 23.2 Å². The second kappa shape index (κ2) is 5.72. The number of hydrogen-bond donors (Lipinski definition) is 2. The fraction of sp³-hybridized carbons (Fsp3) is 0.167. The third kappa shape index (κ3) is 2.62. The lowest BCUT2D eigenvalue weighted by Crippen LogP contribution is -2.50. The van der Waals surface area contributed by atoms with Gasteiger partial charge in [-0.1, -0.05) is 40.9 Å². The molecule has 0 fully saturated rings. The van der Waals surface area contributed by atoms with Gasteiger partial charge in [-0.2, -0.15) is 0 Å². The van der Waals surface area contributed by atoms with Crippen LogP contribution in [-0.2, 0) is 11.2 Å². The molecule has 4 nitrogen and oxygen atoms in total. The summed E-state index contributed by atoms with van der Waals surface area (Å²) in [5.41, 5.74) is 8.42. The first-order valence-electron chi connectivity index (χ1n) is 7.63. The molecule has 122 valence electrons. The molecule has 0 aliphatic carbocycles. The van der Waals surface area contributed by atoms with Crippen LogP contribution < -0.4 is 15.8 Å². The minimum Gasteiger partial charge on any atom is -0.351 e. The Morgan fingerprint density at radius 3 is 2.62 bits per heavy atom. The summed E-state index contributed by atoms with van der Waals surface area (Å²) in [7, 11) is 0. The number of hydrazine groups is 1. The molecule has 2 aliphatic heterocycles. The number of hydrogen-bond acceptors (Lipinski definition) is 3. The van der Waals surface area contributed by atoms with Crippen molar-refractivity contribution in [2.75, 3.05) is 16.9 Å². The van der Waals surface area contributed by atoms with E-state index in [0.29, 0.717) is 28.7 Å². The molecule has 2 N–H and O–H groups in total. The number of carbonyl (C=O) groups is 1. The molecule has 0 radical (unpaired) electrons. The Hall–Kier alpha value is -2.17. The second-order valence-electron chi connectivity index (χ2n) is 6.06. The molecule has 0 unspecified atom stereocenters. The fourth-order valence-corrected chi connectivity index (χ4v) is 3.62. The molecule has 0 aromatic heterocycles. The summed E-state index contributed by atoms with van der Waals surface area (Å²) in [5.74, 6) is -0.154. The SMILES string of the molecule is Cc1ccc(N2CC3=C(Nc4cc(Cl)cc(Cl)c4C3)C(=O)N2)cc1. The van der Waals surface area contributed by atoms with E-state index in [2.05, 4.69) is 10.7 Å². The predicted octanol–water partition coefficient (Wildman–Crippen LogP) is 4.08. The van der Waals surface area contributed by atoms with Crippen LogP contribution in [0.25, 0.3) is 0 Å². The van der Waals surface area contributed by atoms with Crippen molar-refractivity contribution in [3.8, 4) is 0 Å². The van der Waals surface area contributed by atoms with E-state index in [1.54, 1.807) is 12.1 Å². The maximum absolute atomic E-state index is 12.5. The average molecular weight is 360 g/mol. The molecule has 2 aromatic carbocycles. The summed E-state index contributed by atoms with van der Waals surface area (Å²) >= 11 is 12.4. The number of nitrogens with zero attached hydrogens (tertiary/aromatic N) is 1. The Morgan fingerprint density at radius 1 is 1.12 bits per heavy atom. The summed E-state index contributed by atoms with van der Waals surface area (Å²) in [6, 6.07) is 11.6. The van der Waals surface area contributed by atoms with Crippen LogP contribution in [0.4, 0.5) is 11.4 Å². The van der Waals surface area contributed by atoms with Gasteiger partial charge in [0.15, 0.2) is 0 Å². The van der Waals surface area contributed by atoms with Gasteiger partial charge in [0.25, 0.3) is 5.91 Å². The van der Waals surface area contributed by atoms with Crippen molar-refractivity contribution >= 4 is 40.5 Å². The van der Waals surface area contributed by atoms with Crippen molar-refractivity contribution in [2.24, 2.45) is 0 Å². The number of rotatable bonds is 1. The Kier molecular flexibility index (Phi) is 3.66. The molecular formula is C18H15Cl2N3O. The molecule has 2 aliphatic rings. The van der Waals surface area contributed by atoms with Gasteiger partial charge >= 0.3 is 0 Å². The van der Waals surface area contributed by atoms with E-state index >= 15 is 0 Å². The highest BCUT2D eigenvalue weighted by Gasteiger charge is 2.30. The van der Waals surface area contributed by atoms with Crippen molar-refractivity contribution in [1.29, 1.82) is 0 Å². The zero-order chi connectivity index (χ0) is 16.8. The molecule has 2 heterocycles. The molecule has 4 rings (SSSR count). The molecular weight excluding hydrogens is 345 g/mol. The van der Waals surface area contributed by atoms with Crippen LogP contribution in [0, 0.1) is 6.92 Å². The number of benzene rings is 2. The molecule has 1 amide bonds. The summed E-state index contributed by atoms with van der Waals surface area (Å²) in [5, 5.41) is 6.21. The third-order valence-electron chi connectivity index (χ3n) is 4.32. The number of aryl methyl sites for hydroxylation is 1. The van der Waals surface area contributed by atoms with E-state index in [9.17, 15) is 4.79 Å². The average Bonchev–Trinajstić information content (AvgIpc) is 2.54. The number of anilines is 2. The predicted molar refractivity (Wildman–Crippen MR) is 97.5 cm³/mol. The summed E-state index contributed by atoms with van der Waals surface area (Å²) in [6.45, 7) is 2.64. The van der Waals surface area contributed by atoms with Gasteiger partial charge in [0.05, 0.1) is 12.2 Å². The van der Waals surface area contributed by atoms with Gasteiger partial charge in [-0.05, 0) is 42.3 Å². The normalized spacial score (nSPS) is 16.3. The first kappa shape index (κ1) is 15.4. The number of nitrogens with one attached hydrogen (secondary N) is 2. The highest BCUT2D eigenvalue weighted by molar-refractivity contribution is 6.35. The standard InChI is InChI=1S/C18H15Cl2N3O/c1-10-2-4-13(5-3-10)23-9-11-6-14-15(20)7-12(19)8-16(14)21-17(11)18(24)22-23/h2-5,7-8,21H,6,9H2,1H3,(H,22,24). The minimum absolute atomic E-state index is 0.154. The number of amides is 1. The van der Waals surface area contributed by atoms with Gasteiger partial charge in [0.2, 0.25) is 0 Å². The highest BCUT2D eigenvalue weighted by atomic mass is 35.5. The summed E-state index contributed by atoms with van der Waals surface area (Å²) in [6.07, 6.45) is 0.628. The van der Waals surface area contributed by atoms with Gasteiger partial charge in [0.1, 0.15) is 5.70 Å². The first-order chi connectivity index (χ1) is 11.5. The van der Waals surface area contributed by atoms with Gasteiger partial charge in [-0.15, -0.1) is 0 Å². The number of fused-ring (bicyclic) bond motifs is 1. The Balaban J connectivity index is 1.67. The Morgan fingerprint density at radius 2 is 1.88 bits per heavy atom. The maximum Gasteiger partial charge on any atom is 0.286 e. The molecule has 6 heteroatoms. The smallest absolute Gasteiger partial charge is 0.286 e. The van der Waals surface area contributed by atoms with Crippen molar-refractivity contribution in [3.63, 3.8) is 0 Å². The van der Waals surface area contributed by atoms with Crippen LogP contribution >= 0.6 is 23.2 Å². The molecule has 0 bridgehead atoms. The van der Waals surface area contributed by atoms with Crippen LogP contribution in [0.5, 0.6) is 0 Å². The zero-order valence-corrected chi connectivity index (χ0v) is 14.5. The lowest BCUT2D eigenvalue weighted by Gasteiger charge is -2.35. The van der Waals surface area contributed by atoms with Crippen LogP contribution in [-0.4, -0.2) is 12.5 Å². The molecule has 24 heavy (non-hydrogen) atoms. The van der Waals surface area contributed by atoms with Gasteiger partial charge in [-0.3, -0.25) is 15.2 Å². The van der Waals surface area contributed by atoms with Crippen molar-refractivity contribution in [2.45, 2.75) is 13.3 Å². The third-order valence-corrected chi connectivity index (χ3v) is 4.88. The first-order valence-corrected chi connectivity index (χ1v) is 8.39.